The highest BCUT2D eigenvalue weighted by atomic mass is 16.4. The molecule has 0 radical (unpaired) electrons. The van der Waals surface area contributed by atoms with E-state index in [0.717, 1.165) is 22.5 Å². The Labute approximate surface area is 141 Å². The Balaban J connectivity index is 2.33. The number of aliphatic carboxylic acids is 1. The second-order valence-electron chi connectivity index (χ2n) is 6.00. The van der Waals surface area contributed by atoms with Crippen molar-refractivity contribution in [2.45, 2.75) is 40.2 Å². The standard InChI is InChI=1S/C17H23N5O2/c1-10-7-11(2)19-13(8-10)9-22(4)16-14(5-6-15(23)24)12(3)20-17(18)21-16/h7-8H,5-6,9H2,1-4H3,(H,23,24)(H2,18,20,21). The highest BCUT2D eigenvalue weighted by Gasteiger charge is 2.16. The molecule has 0 aliphatic rings. The number of carboxylic acid groups (broad SMARTS) is 1. The average Bonchev–Trinajstić information content (AvgIpc) is 2.44. The van der Waals surface area contributed by atoms with Gasteiger partial charge in [0.05, 0.1) is 12.2 Å². The Morgan fingerprint density at radius 2 is 1.92 bits per heavy atom. The zero-order chi connectivity index (χ0) is 17.9. The molecule has 7 heteroatoms. The van der Waals surface area contributed by atoms with Crippen LogP contribution in [0.2, 0.25) is 0 Å². The summed E-state index contributed by atoms with van der Waals surface area (Å²) in [6.07, 6.45) is 0.387. The predicted octanol–water partition coefficient (Wildman–Crippen LogP) is 2.03. The van der Waals surface area contributed by atoms with Gasteiger partial charge in [-0.3, -0.25) is 9.78 Å². The number of carbonyl (C=O) groups is 1. The van der Waals surface area contributed by atoms with E-state index >= 15 is 0 Å². The molecule has 0 amide bonds. The normalized spacial score (nSPS) is 10.7. The fourth-order valence-corrected chi connectivity index (χ4v) is 2.77. The Morgan fingerprint density at radius 1 is 1.21 bits per heavy atom. The van der Waals surface area contributed by atoms with Crippen LogP contribution in [0, 0.1) is 20.8 Å². The SMILES string of the molecule is Cc1cc(C)nc(CN(C)c2nc(N)nc(C)c2CCC(=O)O)c1. The Kier molecular flexibility index (Phi) is 5.33. The molecule has 0 saturated heterocycles. The van der Waals surface area contributed by atoms with Gasteiger partial charge in [0.1, 0.15) is 5.82 Å². The molecule has 128 valence electrons. The lowest BCUT2D eigenvalue weighted by atomic mass is 10.1. The molecule has 0 aromatic carbocycles. The molecule has 2 heterocycles. The van der Waals surface area contributed by atoms with Gasteiger partial charge >= 0.3 is 5.97 Å². The lowest BCUT2D eigenvalue weighted by Crippen LogP contribution is -2.22. The maximum absolute atomic E-state index is 10.9. The molecule has 24 heavy (non-hydrogen) atoms. The first-order chi connectivity index (χ1) is 11.3. The third-order valence-electron chi connectivity index (χ3n) is 3.71. The van der Waals surface area contributed by atoms with Crippen molar-refractivity contribution in [1.82, 2.24) is 15.0 Å². The van der Waals surface area contributed by atoms with Gasteiger partial charge in [-0.2, -0.15) is 4.98 Å². The lowest BCUT2D eigenvalue weighted by Gasteiger charge is -2.22. The van der Waals surface area contributed by atoms with Crippen LogP contribution < -0.4 is 10.6 Å². The predicted molar refractivity (Wildman–Crippen MR) is 93.0 cm³/mol. The van der Waals surface area contributed by atoms with Gasteiger partial charge in [-0.1, -0.05) is 0 Å². The average molecular weight is 329 g/mol. The van der Waals surface area contributed by atoms with Crippen molar-refractivity contribution in [3.63, 3.8) is 0 Å². The zero-order valence-electron chi connectivity index (χ0n) is 14.5. The molecule has 0 spiro atoms. The van der Waals surface area contributed by atoms with Crippen molar-refractivity contribution in [2.24, 2.45) is 0 Å². The first kappa shape index (κ1) is 17.7. The molecule has 0 aliphatic carbocycles. The second-order valence-corrected chi connectivity index (χ2v) is 6.00. The molecule has 0 fully saturated rings. The van der Waals surface area contributed by atoms with Gasteiger partial charge in [-0.05, 0) is 44.9 Å². The maximum Gasteiger partial charge on any atom is 0.303 e. The molecule has 0 atom stereocenters. The molecule has 7 nitrogen and oxygen atoms in total. The number of hydrogen-bond donors (Lipinski definition) is 2. The van der Waals surface area contributed by atoms with E-state index in [1.54, 1.807) is 0 Å². The van der Waals surface area contributed by atoms with Crippen molar-refractivity contribution in [1.29, 1.82) is 0 Å². The summed E-state index contributed by atoms with van der Waals surface area (Å²) in [4.78, 5) is 25.9. The van der Waals surface area contributed by atoms with Crippen molar-refractivity contribution in [3.05, 3.63) is 40.3 Å². The third-order valence-corrected chi connectivity index (χ3v) is 3.71. The molecular weight excluding hydrogens is 306 g/mol. The summed E-state index contributed by atoms with van der Waals surface area (Å²) in [7, 11) is 1.89. The van der Waals surface area contributed by atoms with Crippen LogP contribution >= 0.6 is 0 Å². The minimum atomic E-state index is -0.851. The number of nitrogens with zero attached hydrogens (tertiary/aromatic N) is 4. The van der Waals surface area contributed by atoms with Gasteiger partial charge < -0.3 is 15.7 Å². The van der Waals surface area contributed by atoms with Crippen LogP contribution in [0.25, 0.3) is 0 Å². The van der Waals surface area contributed by atoms with E-state index in [1.165, 1.54) is 0 Å². The minimum absolute atomic E-state index is 0.0246. The number of rotatable bonds is 6. The van der Waals surface area contributed by atoms with E-state index in [2.05, 4.69) is 15.0 Å². The first-order valence-corrected chi connectivity index (χ1v) is 7.76. The molecule has 0 aliphatic heterocycles. The van der Waals surface area contributed by atoms with E-state index in [1.807, 2.05) is 44.9 Å². The van der Waals surface area contributed by atoms with Crippen LogP contribution in [0.1, 0.15) is 34.6 Å². The number of carboxylic acids is 1. The van der Waals surface area contributed by atoms with E-state index in [0.29, 0.717) is 24.5 Å². The van der Waals surface area contributed by atoms with Crippen molar-refractivity contribution >= 4 is 17.7 Å². The Morgan fingerprint density at radius 3 is 2.54 bits per heavy atom. The van der Waals surface area contributed by atoms with Crippen LogP contribution in [0.4, 0.5) is 11.8 Å². The van der Waals surface area contributed by atoms with Crippen LogP contribution in [0.15, 0.2) is 12.1 Å². The molecule has 2 aromatic rings. The van der Waals surface area contributed by atoms with Crippen molar-refractivity contribution in [2.75, 3.05) is 17.7 Å². The van der Waals surface area contributed by atoms with Gasteiger partial charge in [0.2, 0.25) is 5.95 Å². The summed E-state index contributed by atoms with van der Waals surface area (Å²) >= 11 is 0. The van der Waals surface area contributed by atoms with Crippen molar-refractivity contribution in [3.8, 4) is 0 Å². The topological polar surface area (TPSA) is 105 Å². The molecule has 0 saturated carbocycles. The number of pyridine rings is 1. The second kappa shape index (κ2) is 7.25. The molecule has 0 bridgehead atoms. The lowest BCUT2D eigenvalue weighted by molar-refractivity contribution is -0.136. The van der Waals surface area contributed by atoms with E-state index in [4.69, 9.17) is 10.8 Å². The van der Waals surface area contributed by atoms with Gasteiger partial charge in [0, 0.05) is 30.4 Å². The highest BCUT2D eigenvalue weighted by Crippen LogP contribution is 2.23. The summed E-state index contributed by atoms with van der Waals surface area (Å²) in [6, 6.07) is 4.05. The van der Waals surface area contributed by atoms with Crippen LogP contribution in [0.5, 0.6) is 0 Å². The van der Waals surface area contributed by atoms with Crippen LogP contribution in [-0.4, -0.2) is 33.1 Å². The number of aryl methyl sites for hydroxylation is 3. The first-order valence-electron chi connectivity index (χ1n) is 7.76. The molecule has 2 rings (SSSR count). The maximum atomic E-state index is 10.9. The number of nitrogens with two attached hydrogens (primary N) is 1. The zero-order valence-corrected chi connectivity index (χ0v) is 14.5. The van der Waals surface area contributed by atoms with Crippen molar-refractivity contribution < 1.29 is 9.90 Å². The number of anilines is 2. The Hall–Kier alpha value is -2.70. The minimum Gasteiger partial charge on any atom is -0.481 e. The quantitative estimate of drug-likeness (QED) is 0.835. The van der Waals surface area contributed by atoms with Gasteiger partial charge in [0.25, 0.3) is 0 Å². The monoisotopic (exact) mass is 329 g/mol. The molecule has 2 aromatic heterocycles. The largest absolute Gasteiger partial charge is 0.481 e. The van der Waals surface area contributed by atoms with Crippen LogP contribution in [0.3, 0.4) is 0 Å². The van der Waals surface area contributed by atoms with Gasteiger partial charge in [-0.25, -0.2) is 4.98 Å². The van der Waals surface area contributed by atoms with E-state index in [9.17, 15) is 4.79 Å². The van der Waals surface area contributed by atoms with Crippen LogP contribution in [-0.2, 0) is 17.8 Å². The van der Waals surface area contributed by atoms with E-state index < -0.39 is 5.97 Å². The molecule has 3 N–H and O–H groups in total. The number of nitrogen functional groups attached to an aromatic ring is 1. The third kappa shape index (κ3) is 4.41. The summed E-state index contributed by atoms with van der Waals surface area (Å²) in [5, 5.41) is 8.96. The summed E-state index contributed by atoms with van der Waals surface area (Å²) < 4.78 is 0. The highest BCUT2D eigenvalue weighted by molar-refractivity contribution is 5.67. The fourth-order valence-electron chi connectivity index (χ4n) is 2.77. The smallest absolute Gasteiger partial charge is 0.303 e. The van der Waals surface area contributed by atoms with E-state index in [-0.39, 0.29) is 12.4 Å². The number of aromatic nitrogens is 3. The Bertz CT molecular complexity index is 741. The molecular formula is C17H23N5O2. The fraction of sp³-hybridized carbons (Fsp3) is 0.412. The van der Waals surface area contributed by atoms with Gasteiger partial charge in [-0.15, -0.1) is 0 Å². The van der Waals surface area contributed by atoms with Gasteiger partial charge in [0.15, 0.2) is 0 Å². The summed E-state index contributed by atoms with van der Waals surface area (Å²) in [6.45, 7) is 6.37. The summed E-state index contributed by atoms with van der Waals surface area (Å²) in [5.41, 5.74) is 10.3. The molecule has 0 unspecified atom stereocenters. The number of hydrogen-bond acceptors (Lipinski definition) is 6. The summed E-state index contributed by atoms with van der Waals surface area (Å²) in [5.74, 6) is -0.0141.